The molecule has 1 atom stereocenters. The summed E-state index contributed by atoms with van der Waals surface area (Å²) in [4.78, 5) is 15.8. The summed E-state index contributed by atoms with van der Waals surface area (Å²) < 4.78 is 1.50. The minimum Gasteiger partial charge on any atom is -0.382 e. The number of anilines is 1. The fraction of sp³-hybridized carbons (Fsp3) is 0.250. The molecule has 2 aromatic heterocycles. The van der Waals surface area contributed by atoms with Crippen molar-refractivity contribution >= 4 is 11.7 Å². The fourth-order valence-electron chi connectivity index (χ4n) is 1.62. The number of carbonyl (C=O) groups is 1. The summed E-state index contributed by atoms with van der Waals surface area (Å²) >= 11 is 0. The lowest BCUT2D eigenvalue weighted by Gasteiger charge is -2.13. The Labute approximate surface area is 105 Å². The molecule has 0 spiro atoms. The van der Waals surface area contributed by atoms with Crippen molar-refractivity contribution in [1.82, 2.24) is 20.1 Å². The molecule has 0 aliphatic heterocycles. The van der Waals surface area contributed by atoms with Crippen molar-refractivity contribution in [2.75, 3.05) is 5.73 Å². The van der Waals surface area contributed by atoms with Crippen LogP contribution in [0.4, 0.5) is 5.82 Å². The number of nitrogens with one attached hydrogen (secondary N) is 1. The minimum atomic E-state index is -0.116. The molecule has 0 saturated heterocycles. The Morgan fingerprint density at radius 1 is 1.56 bits per heavy atom. The zero-order valence-electron chi connectivity index (χ0n) is 10.1. The van der Waals surface area contributed by atoms with Crippen molar-refractivity contribution in [2.24, 2.45) is 0 Å². The van der Waals surface area contributed by atoms with Crippen molar-refractivity contribution in [3.63, 3.8) is 0 Å². The lowest BCUT2D eigenvalue weighted by molar-refractivity contribution is -0.122. The van der Waals surface area contributed by atoms with Crippen LogP contribution in [-0.4, -0.2) is 20.7 Å². The summed E-state index contributed by atoms with van der Waals surface area (Å²) in [5.74, 6) is 0.289. The van der Waals surface area contributed by atoms with Crippen molar-refractivity contribution in [1.29, 1.82) is 0 Å². The molecule has 1 unspecified atom stereocenters. The summed E-state index contributed by atoms with van der Waals surface area (Å²) in [6.07, 6.45) is 5.10. The number of nitrogen functional groups attached to an aromatic ring is 1. The third-order valence-corrected chi connectivity index (χ3v) is 2.53. The molecule has 0 bridgehead atoms. The summed E-state index contributed by atoms with van der Waals surface area (Å²) in [7, 11) is 0. The highest BCUT2D eigenvalue weighted by molar-refractivity contribution is 5.76. The molecule has 2 aromatic rings. The van der Waals surface area contributed by atoms with Crippen LogP contribution in [0.15, 0.2) is 36.8 Å². The van der Waals surface area contributed by atoms with E-state index < -0.39 is 0 Å². The second kappa shape index (κ2) is 5.31. The van der Waals surface area contributed by atoms with Crippen LogP contribution in [0.5, 0.6) is 0 Å². The molecule has 6 heteroatoms. The second-order valence-electron chi connectivity index (χ2n) is 4.01. The van der Waals surface area contributed by atoms with Gasteiger partial charge in [0.1, 0.15) is 12.4 Å². The third kappa shape index (κ3) is 3.07. The number of pyridine rings is 1. The molecule has 2 rings (SSSR count). The maximum atomic E-state index is 11.8. The van der Waals surface area contributed by atoms with Gasteiger partial charge in [0.2, 0.25) is 5.91 Å². The van der Waals surface area contributed by atoms with Gasteiger partial charge < -0.3 is 11.1 Å². The van der Waals surface area contributed by atoms with Gasteiger partial charge in [-0.15, -0.1) is 0 Å². The first-order chi connectivity index (χ1) is 8.65. The highest BCUT2D eigenvalue weighted by atomic mass is 16.2. The first-order valence-electron chi connectivity index (χ1n) is 5.63. The van der Waals surface area contributed by atoms with Crippen molar-refractivity contribution in [3.8, 4) is 0 Å². The van der Waals surface area contributed by atoms with Crippen LogP contribution in [0.3, 0.4) is 0 Å². The van der Waals surface area contributed by atoms with Gasteiger partial charge in [-0.2, -0.15) is 5.10 Å². The number of aromatic nitrogens is 3. The molecule has 3 N–H and O–H groups in total. The Morgan fingerprint density at radius 3 is 3.00 bits per heavy atom. The zero-order valence-corrected chi connectivity index (χ0v) is 10.1. The van der Waals surface area contributed by atoms with Crippen molar-refractivity contribution in [2.45, 2.75) is 19.5 Å². The number of rotatable bonds is 4. The molecule has 1 amide bonds. The average Bonchev–Trinajstić information content (AvgIpc) is 2.75. The third-order valence-electron chi connectivity index (χ3n) is 2.53. The zero-order chi connectivity index (χ0) is 13.0. The Morgan fingerprint density at radius 2 is 2.39 bits per heavy atom. The molecular formula is C12H15N5O. The van der Waals surface area contributed by atoms with E-state index >= 15 is 0 Å². The van der Waals surface area contributed by atoms with E-state index in [-0.39, 0.29) is 18.5 Å². The summed E-state index contributed by atoms with van der Waals surface area (Å²) in [6, 6.07) is 5.33. The number of amides is 1. The van der Waals surface area contributed by atoms with E-state index in [0.717, 1.165) is 5.56 Å². The highest BCUT2D eigenvalue weighted by Crippen LogP contribution is 2.09. The van der Waals surface area contributed by atoms with Gasteiger partial charge in [0.15, 0.2) is 0 Å². The molecule has 0 aromatic carbocycles. The smallest absolute Gasteiger partial charge is 0.242 e. The van der Waals surface area contributed by atoms with Crippen molar-refractivity contribution < 1.29 is 4.79 Å². The van der Waals surface area contributed by atoms with E-state index in [1.165, 1.54) is 4.68 Å². The minimum absolute atomic E-state index is 0.0842. The highest BCUT2D eigenvalue weighted by Gasteiger charge is 2.10. The average molecular weight is 245 g/mol. The van der Waals surface area contributed by atoms with E-state index in [9.17, 15) is 4.79 Å². The fourth-order valence-corrected chi connectivity index (χ4v) is 1.62. The normalized spacial score (nSPS) is 12.1. The second-order valence-corrected chi connectivity index (χ2v) is 4.01. The molecule has 94 valence electrons. The number of nitrogens with zero attached hydrogens (tertiary/aromatic N) is 3. The van der Waals surface area contributed by atoms with E-state index in [0.29, 0.717) is 5.82 Å². The van der Waals surface area contributed by atoms with Crippen LogP contribution in [0.1, 0.15) is 18.5 Å². The largest absolute Gasteiger partial charge is 0.382 e. The number of carbonyl (C=O) groups excluding carboxylic acids is 1. The Bertz CT molecular complexity index is 522. The SMILES string of the molecule is CC(NC(=O)Cn1ccc(N)n1)c1cccnc1. The van der Waals surface area contributed by atoms with Gasteiger partial charge in [0, 0.05) is 18.6 Å². The molecule has 0 aliphatic carbocycles. The first kappa shape index (κ1) is 12.1. The molecule has 18 heavy (non-hydrogen) atoms. The Kier molecular flexibility index (Phi) is 3.57. The van der Waals surface area contributed by atoms with E-state index in [1.807, 2.05) is 19.1 Å². The summed E-state index contributed by atoms with van der Waals surface area (Å²) in [5, 5.41) is 6.83. The Hall–Kier alpha value is -2.37. The molecule has 0 radical (unpaired) electrons. The van der Waals surface area contributed by atoms with Gasteiger partial charge >= 0.3 is 0 Å². The standard InChI is InChI=1S/C12H15N5O/c1-9(10-3-2-5-14-7-10)15-12(18)8-17-6-4-11(13)16-17/h2-7,9H,8H2,1H3,(H2,13,16)(H,15,18). The van der Waals surface area contributed by atoms with Crippen LogP contribution >= 0.6 is 0 Å². The van der Waals surface area contributed by atoms with Crippen LogP contribution < -0.4 is 11.1 Å². The van der Waals surface area contributed by atoms with Gasteiger partial charge in [0.25, 0.3) is 0 Å². The van der Waals surface area contributed by atoms with E-state index in [2.05, 4.69) is 15.4 Å². The summed E-state index contributed by atoms with van der Waals surface area (Å²) in [5.41, 5.74) is 6.44. The molecule has 2 heterocycles. The molecule has 0 saturated carbocycles. The van der Waals surface area contributed by atoms with E-state index in [4.69, 9.17) is 5.73 Å². The molecule has 6 nitrogen and oxygen atoms in total. The summed E-state index contributed by atoms with van der Waals surface area (Å²) in [6.45, 7) is 2.06. The van der Waals surface area contributed by atoms with E-state index in [1.54, 1.807) is 24.7 Å². The monoisotopic (exact) mass is 245 g/mol. The quantitative estimate of drug-likeness (QED) is 0.831. The van der Waals surface area contributed by atoms with Gasteiger partial charge in [-0.3, -0.25) is 14.5 Å². The van der Waals surface area contributed by atoms with Crippen LogP contribution in [0.25, 0.3) is 0 Å². The van der Waals surface area contributed by atoms with Crippen molar-refractivity contribution in [3.05, 3.63) is 42.4 Å². The van der Waals surface area contributed by atoms with Gasteiger partial charge in [-0.1, -0.05) is 6.07 Å². The van der Waals surface area contributed by atoms with Gasteiger partial charge in [0.05, 0.1) is 6.04 Å². The molecule has 0 aliphatic rings. The predicted molar refractivity (Wildman–Crippen MR) is 67.4 cm³/mol. The predicted octanol–water partition coefficient (Wildman–Crippen LogP) is 0.738. The molecule has 0 fully saturated rings. The van der Waals surface area contributed by atoms with Gasteiger partial charge in [-0.25, -0.2) is 0 Å². The topological polar surface area (TPSA) is 85.8 Å². The maximum absolute atomic E-state index is 11.8. The lowest BCUT2D eigenvalue weighted by Crippen LogP contribution is -2.30. The van der Waals surface area contributed by atoms with Crippen LogP contribution in [-0.2, 0) is 11.3 Å². The molecular weight excluding hydrogens is 230 g/mol. The Balaban J connectivity index is 1.92. The maximum Gasteiger partial charge on any atom is 0.242 e. The lowest BCUT2D eigenvalue weighted by atomic mass is 10.1. The van der Waals surface area contributed by atoms with Crippen LogP contribution in [0, 0.1) is 0 Å². The van der Waals surface area contributed by atoms with Gasteiger partial charge in [-0.05, 0) is 24.6 Å². The number of hydrogen-bond donors (Lipinski definition) is 2. The van der Waals surface area contributed by atoms with Crippen LogP contribution in [0.2, 0.25) is 0 Å². The number of nitrogens with two attached hydrogens (primary N) is 1. The number of hydrogen-bond acceptors (Lipinski definition) is 4. The first-order valence-corrected chi connectivity index (χ1v) is 5.63.